The van der Waals surface area contributed by atoms with Crippen LogP contribution in [0.5, 0.6) is 0 Å². The lowest BCUT2D eigenvalue weighted by molar-refractivity contribution is 0.00578. The van der Waals surface area contributed by atoms with Gasteiger partial charge in [0.1, 0.15) is 0 Å². The fourth-order valence-electron chi connectivity index (χ4n) is 2.89. The number of carbonyl (C=O) groups is 1. The van der Waals surface area contributed by atoms with E-state index in [0.29, 0.717) is 5.56 Å². The van der Waals surface area contributed by atoms with Gasteiger partial charge in [-0.25, -0.2) is 0 Å². The van der Waals surface area contributed by atoms with E-state index in [-0.39, 0.29) is 5.91 Å². The van der Waals surface area contributed by atoms with Crippen LogP contribution in [-0.4, -0.2) is 42.2 Å². The third kappa shape index (κ3) is 3.67. The van der Waals surface area contributed by atoms with Crippen LogP contribution in [0.25, 0.3) is 0 Å². The Bertz CT molecular complexity index is 564. The number of rotatable bonds is 6. The van der Waals surface area contributed by atoms with Gasteiger partial charge in [0.15, 0.2) is 0 Å². The molecule has 1 aromatic rings. The highest BCUT2D eigenvalue weighted by molar-refractivity contribution is 6.63. The average Bonchev–Trinajstić information content (AvgIpc) is 2.74. The SMILES string of the molecule is CCCN(CCC)C(=O)c1ccccc1B1OC(C)(C)C(C)(C)O1. The van der Waals surface area contributed by atoms with Crippen molar-refractivity contribution in [3.63, 3.8) is 0 Å². The first-order valence-electron chi connectivity index (χ1n) is 8.97. The Morgan fingerprint density at radius 3 is 2.00 bits per heavy atom. The molecule has 0 unspecified atom stereocenters. The summed E-state index contributed by atoms with van der Waals surface area (Å²) in [6.07, 6.45) is 1.90. The second kappa shape index (κ2) is 7.28. The van der Waals surface area contributed by atoms with Gasteiger partial charge in [0.05, 0.1) is 11.2 Å². The molecule has 5 heteroatoms. The third-order valence-corrected chi connectivity index (χ3v) is 4.97. The van der Waals surface area contributed by atoms with E-state index in [1.807, 2.05) is 56.9 Å². The van der Waals surface area contributed by atoms with Crippen molar-refractivity contribution in [1.82, 2.24) is 4.90 Å². The molecule has 1 aliphatic heterocycles. The highest BCUT2D eigenvalue weighted by atomic mass is 16.7. The standard InChI is InChI=1S/C19H30BNO3/c1-7-13-21(14-8-2)17(22)15-11-9-10-12-16(15)20-23-18(3,4)19(5,6)24-20/h9-12H,7-8,13-14H2,1-6H3. The molecule has 24 heavy (non-hydrogen) atoms. The van der Waals surface area contributed by atoms with E-state index in [1.165, 1.54) is 0 Å². The topological polar surface area (TPSA) is 38.8 Å². The normalized spacial score (nSPS) is 18.7. The van der Waals surface area contributed by atoms with Crippen molar-refractivity contribution in [2.24, 2.45) is 0 Å². The fourth-order valence-corrected chi connectivity index (χ4v) is 2.89. The van der Waals surface area contributed by atoms with Gasteiger partial charge < -0.3 is 14.2 Å². The molecule has 0 bridgehead atoms. The molecule has 0 saturated carbocycles. The Labute approximate surface area is 146 Å². The van der Waals surface area contributed by atoms with Crippen LogP contribution in [0.4, 0.5) is 0 Å². The van der Waals surface area contributed by atoms with Gasteiger partial charge in [-0.05, 0) is 52.1 Å². The molecule has 0 spiro atoms. The van der Waals surface area contributed by atoms with Crippen LogP contribution in [0.2, 0.25) is 0 Å². The number of nitrogens with zero attached hydrogens (tertiary/aromatic N) is 1. The molecule has 0 N–H and O–H groups in total. The number of carbonyl (C=O) groups excluding carboxylic acids is 1. The third-order valence-electron chi connectivity index (χ3n) is 4.97. The Balaban J connectivity index is 2.33. The van der Waals surface area contributed by atoms with E-state index >= 15 is 0 Å². The van der Waals surface area contributed by atoms with E-state index in [9.17, 15) is 4.79 Å². The van der Waals surface area contributed by atoms with Crippen molar-refractivity contribution in [3.8, 4) is 0 Å². The highest BCUT2D eigenvalue weighted by Gasteiger charge is 2.52. The van der Waals surface area contributed by atoms with E-state index in [0.717, 1.165) is 31.4 Å². The number of hydrogen-bond acceptors (Lipinski definition) is 3. The van der Waals surface area contributed by atoms with E-state index < -0.39 is 18.3 Å². The average molecular weight is 331 g/mol. The summed E-state index contributed by atoms with van der Waals surface area (Å²) in [6.45, 7) is 13.8. The summed E-state index contributed by atoms with van der Waals surface area (Å²) in [7, 11) is -0.514. The lowest BCUT2D eigenvalue weighted by Gasteiger charge is -2.32. The summed E-state index contributed by atoms with van der Waals surface area (Å²) >= 11 is 0. The molecular formula is C19H30BNO3. The molecule has 1 heterocycles. The quantitative estimate of drug-likeness (QED) is 0.751. The van der Waals surface area contributed by atoms with Gasteiger partial charge in [0.25, 0.3) is 5.91 Å². The molecular weight excluding hydrogens is 301 g/mol. The number of hydrogen-bond donors (Lipinski definition) is 0. The maximum atomic E-state index is 13.0. The van der Waals surface area contributed by atoms with Crippen molar-refractivity contribution in [3.05, 3.63) is 29.8 Å². The lowest BCUT2D eigenvalue weighted by Crippen LogP contribution is -2.42. The first kappa shape index (κ1) is 19.0. The van der Waals surface area contributed by atoms with Crippen LogP contribution in [0.3, 0.4) is 0 Å². The predicted molar refractivity (Wildman–Crippen MR) is 98.6 cm³/mol. The van der Waals surface area contributed by atoms with E-state index in [4.69, 9.17) is 9.31 Å². The van der Waals surface area contributed by atoms with Crippen LogP contribution in [0.1, 0.15) is 64.7 Å². The van der Waals surface area contributed by atoms with E-state index in [1.54, 1.807) is 0 Å². The maximum Gasteiger partial charge on any atom is 0.495 e. The smallest absolute Gasteiger partial charge is 0.399 e. The largest absolute Gasteiger partial charge is 0.495 e. The Kier molecular flexibility index (Phi) is 5.76. The Morgan fingerprint density at radius 1 is 1.00 bits per heavy atom. The molecule has 132 valence electrons. The summed E-state index contributed by atoms with van der Waals surface area (Å²) in [6, 6.07) is 7.64. The second-order valence-electron chi connectivity index (χ2n) is 7.47. The summed E-state index contributed by atoms with van der Waals surface area (Å²) in [4.78, 5) is 15.0. The zero-order chi connectivity index (χ0) is 18.0. The van der Waals surface area contributed by atoms with Crippen LogP contribution in [-0.2, 0) is 9.31 Å². The zero-order valence-corrected chi connectivity index (χ0v) is 15.9. The van der Waals surface area contributed by atoms with Gasteiger partial charge in [-0.1, -0.05) is 32.0 Å². The molecule has 0 atom stereocenters. The monoisotopic (exact) mass is 331 g/mol. The molecule has 1 aromatic carbocycles. The summed E-state index contributed by atoms with van der Waals surface area (Å²) in [5.41, 5.74) is 0.664. The fraction of sp³-hybridized carbons (Fsp3) is 0.632. The predicted octanol–water partition coefficient (Wildman–Crippen LogP) is 3.25. The first-order chi connectivity index (χ1) is 11.2. The van der Waals surface area contributed by atoms with Crippen molar-refractivity contribution in [2.75, 3.05) is 13.1 Å². The second-order valence-corrected chi connectivity index (χ2v) is 7.47. The van der Waals surface area contributed by atoms with Crippen molar-refractivity contribution in [2.45, 2.75) is 65.6 Å². The molecule has 1 fully saturated rings. The molecule has 0 aliphatic carbocycles. The molecule has 1 aliphatic rings. The maximum absolute atomic E-state index is 13.0. The first-order valence-corrected chi connectivity index (χ1v) is 8.97. The number of amides is 1. The van der Waals surface area contributed by atoms with Gasteiger partial charge in [-0.15, -0.1) is 0 Å². The Morgan fingerprint density at radius 2 is 1.50 bits per heavy atom. The lowest BCUT2D eigenvalue weighted by atomic mass is 9.75. The summed E-state index contributed by atoms with van der Waals surface area (Å²) in [5.74, 6) is 0.0593. The molecule has 1 amide bonds. The minimum atomic E-state index is -0.514. The highest BCUT2D eigenvalue weighted by Crippen LogP contribution is 2.36. The van der Waals surface area contributed by atoms with Gasteiger partial charge >= 0.3 is 7.12 Å². The van der Waals surface area contributed by atoms with E-state index in [2.05, 4.69) is 13.8 Å². The van der Waals surface area contributed by atoms with Crippen molar-refractivity contribution in [1.29, 1.82) is 0 Å². The van der Waals surface area contributed by atoms with Crippen LogP contribution in [0.15, 0.2) is 24.3 Å². The van der Waals surface area contributed by atoms with Crippen LogP contribution < -0.4 is 5.46 Å². The molecule has 2 rings (SSSR count). The summed E-state index contributed by atoms with van der Waals surface area (Å²) < 4.78 is 12.3. The Hall–Kier alpha value is -1.33. The van der Waals surface area contributed by atoms with Crippen molar-refractivity contribution < 1.29 is 14.1 Å². The van der Waals surface area contributed by atoms with Crippen LogP contribution in [0, 0.1) is 0 Å². The molecule has 0 aromatic heterocycles. The summed E-state index contributed by atoms with van der Waals surface area (Å²) in [5, 5.41) is 0. The van der Waals surface area contributed by atoms with Gasteiger partial charge in [0, 0.05) is 18.7 Å². The number of benzene rings is 1. The van der Waals surface area contributed by atoms with Gasteiger partial charge in [-0.2, -0.15) is 0 Å². The van der Waals surface area contributed by atoms with Crippen molar-refractivity contribution >= 4 is 18.5 Å². The molecule has 1 saturated heterocycles. The minimum absolute atomic E-state index is 0.0593. The zero-order valence-electron chi connectivity index (χ0n) is 15.9. The molecule has 0 radical (unpaired) electrons. The minimum Gasteiger partial charge on any atom is -0.399 e. The van der Waals surface area contributed by atoms with Gasteiger partial charge in [0.2, 0.25) is 0 Å². The van der Waals surface area contributed by atoms with Crippen LogP contribution >= 0.6 is 0 Å². The molecule has 4 nitrogen and oxygen atoms in total. The van der Waals surface area contributed by atoms with Gasteiger partial charge in [-0.3, -0.25) is 4.79 Å².